The second-order valence-corrected chi connectivity index (χ2v) is 9.16. The SMILES string of the molecule is Cn1nc2c(c1C(=O)N1CCN(c3ccccc3)CC1)CN(C(=O)OC(C)(C)C)CC2. The van der Waals surface area contributed by atoms with Gasteiger partial charge in [-0.25, -0.2) is 4.79 Å². The standard InChI is InChI=1S/C23H31N5O3/c1-23(2,3)31-22(30)28-11-10-19-18(16-28)20(25(4)24-19)21(29)27-14-12-26(13-15-27)17-8-6-5-7-9-17/h5-9H,10-16H2,1-4H3. The minimum absolute atomic E-state index is 0.0185. The molecular weight excluding hydrogens is 394 g/mol. The van der Waals surface area contributed by atoms with Crippen molar-refractivity contribution in [3.8, 4) is 0 Å². The smallest absolute Gasteiger partial charge is 0.410 e. The van der Waals surface area contributed by atoms with Gasteiger partial charge < -0.3 is 19.4 Å². The molecule has 166 valence electrons. The molecule has 0 unspecified atom stereocenters. The van der Waals surface area contributed by atoms with Gasteiger partial charge >= 0.3 is 6.09 Å². The molecule has 2 amide bonds. The second-order valence-electron chi connectivity index (χ2n) is 9.16. The highest BCUT2D eigenvalue weighted by molar-refractivity contribution is 5.94. The van der Waals surface area contributed by atoms with E-state index < -0.39 is 5.60 Å². The summed E-state index contributed by atoms with van der Waals surface area (Å²) in [7, 11) is 1.81. The zero-order valence-corrected chi connectivity index (χ0v) is 18.8. The van der Waals surface area contributed by atoms with Crippen LogP contribution in [0.4, 0.5) is 10.5 Å². The summed E-state index contributed by atoms with van der Waals surface area (Å²) in [5, 5.41) is 4.58. The molecule has 0 bridgehead atoms. The van der Waals surface area contributed by atoms with Crippen LogP contribution in [-0.2, 0) is 24.8 Å². The van der Waals surface area contributed by atoms with Crippen molar-refractivity contribution in [3.05, 3.63) is 47.3 Å². The van der Waals surface area contributed by atoms with E-state index in [1.807, 2.05) is 50.9 Å². The molecule has 0 spiro atoms. The van der Waals surface area contributed by atoms with Gasteiger partial charge in [0.25, 0.3) is 5.91 Å². The number of hydrogen-bond donors (Lipinski definition) is 0. The molecule has 2 aromatic rings. The predicted octanol–water partition coefficient (Wildman–Crippen LogP) is 2.68. The monoisotopic (exact) mass is 425 g/mol. The molecule has 8 heteroatoms. The van der Waals surface area contributed by atoms with Crippen LogP contribution >= 0.6 is 0 Å². The average Bonchev–Trinajstić information content (AvgIpc) is 3.07. The summed E-state index contributed by atoms with van der Waals surface area (Å²) in [6.07, 6.45) is 0.272. The molecular formula is C23H31N5O3. The molecule has 0 saturated carbocycles. The topological polar surface area (TPSA) is 70.9 Å². The molecule has 2 aliphatic heterocycles. The van der Waals surface area contributed by atoms with Gasteiger partial charge in [-0.3, -0.25) is 9.48 Å². The van der Waals surface area contributed by atoms with Crippen molar-refractivity contribution in [2.24, 2.45) is 7.05 Å². The maximum absolute atomic E-state index is 13.4. The number of aromatic nitrogens is 2. The molecule has 1 fully saturated rings. The van der Waals surface area contributed by atoms with E-state index >= 15 is 0 Å². The molecule has 1 aromatic carbocycles. The zero-order chi connectivity index (χ0) is 22.2. The highest BCUT2D eigenvalue weighted by atomic mass is 16.6. The first-order valence-electron chi connectivity index (χ1n) is 10.8. The second kappa shape index (κ2) is 8.24. The van der Waals surface area contributed by atoms with Gasteiger partial charge in [0.15, 0.2) is 0 Å². The van der Waals surface area contributed by atoms with E-state index in [4.69, 9.17) is 4.74 Å². The fourth-order valence-electron chi connectivity index (χ4n) is 4.21. The number of hydrogen-bond acceptors (Lipinski definition) is 5. The van der Waals surface area contributed by atoms with E-state index in [1.165, 1.54) is 5.69 Å². The number of rotatable bonds is 2. The molecule has 4 rings (SSSR count). The number of benzene rings is 1. The molecule has 1 aromatic heterocycles. The summed E-state index contributed by atoms with van der Waals surface area (Å²) < 4.78 is 7.20. The molecule has 3 heterocycles. The van der Waals surface area contributed by atoms with Crippen molar-refractivity contribution in [2.45, 2.75) is 39.3 Å². The number of para-hydroxylation sites is 1. The number of aryl methyl sites for hydroxylation is 1. The van der Waals surface area contributed by atoms with Gasteiger partial charge in [-0.15, -0.1) is 0 Å². The summed E-state index contributed by atoms with van der Waals surface area (Å²) in [6, 6.07) is 10.3. The molecule has 31 heavy (non-hydrogen) atoms. The summed E-state index contributed by atoms with van der Waals surface area (Å²) in [6.45, 7) is 9.36. The number of ether oxygens (including phenoxy) is 1. The Hall–Kier alpha value is -3.03. The fourth-order valence-corrected chi connectivity index (χ4v) is 4.21. The van der Waals surface area contributed by atoms with E-state index in [2.05, 4.69) is 22.1 Å². The van der Waals surface area contributed by atoms with E-state index in [0.29, 0.717) is 38.3 Å². The van der Waals surface area contributed by atoms with Crippen LogP contribution in [0, 0.1) is 0 Å². The summed E-state index contributed by atoms with van der Waals surface area (Å²) in [4.78, 5) is 31.8. The van der Waals surface area contributed by atoms with Crippen LogP contribution in [0.5, 0.6) is 0 Å². The Morgan fingerprint density at radius 3 is 2.29 bits per heavy atom. The normalized spacial score (nSPS) is 16.8. The molecule has 1 saturated heterocycles. The lowest BCUT2D eigenvalue weighted by Crippen LogP contribution is -2.49. The minimum atomic E-state index is -0.552. The zero-order valence-electron chi connectivity index (χ0n) is 18.8. The largest absolute Gasteiger partial charge is 0.444 e. The van der Waals surface area contributed by atoms with Gasteiger partial charge in [-0.1, -0.05) is 18.2 Å². The molecule has 0 radical (unpaired) electrons. The molecule has 0 atom stereocenters. The molecule has 0 aliphatic carbocycles. The van der Waals surface area contributed by atoms with Gasteiger partial charge in [0.1, 0.15) is 11.3 Å². The summed E-state index contributed by atoms with van der Waals surface area (Å²) >= 11 is 0. The van der Waals surface area contributed by atoms with Gasteiger partial charge in [0, 0.05) is 57.4 Å². The number of nitrogens with zero attached hydrogens (tertiary/aromatic N) is 5. The number of carbonyl (C=O) groups excluding carboxylic acids is 2. The van der Waals surface area contributed by atoms with Crippen LogP contribution in [0.3, 0.4) is 0 Å². The lowest BCUT2D eigenvalue weighted by molar-refractivity contribution is 0.0222. The van der Waals surface area contributed by atoms with Gasteiger partial charge in [-0.05, 0) is 32.9 Å². The van der Waals surface area contributed by atoms with E-state index in [9.17, 15) is 9.59 Å². The Labute approximate surface area is 183 Å². The summed E-state index contributed by atoms with van der Waals surface area (Å²) in [5.74, 6) is -0.0185. The highest BCUT2D eigenvalue weighted by Crippen LogP contribution is 2.25. The minimum Gasteiger partial charge on any atom is -0.444 e. The van der Waals surface area contributed by atoms with Crippen LogP contribution in [0.1, 0.15) is 42.5 Å². The first-order chi connectivity index (χ1) is 14.7. The van der Waals surface area contributed by atoms with Gasteiger partial charge in [0.2, 0.25) is 0 Å². The first kappa shape index (κ1) is 21.2. The summed E-state index contributed by atoms with van der Waals surface area (Å²) in [5.41, 5.74) is 2.95. The van der Waals surface area contributed by atoms with E-state index in [-0.39, 0.29) is 12.0 Å². The average molecular weight is 426 g/mol. The Bertz CT molecular complexity index is 956. The van der Waals surface area contributed by atoms with Crippen LogP contribution < -0.4 is 4.90 Å². The van der Waals surface area contributed by atoms with Crippen LogP contribution in [0.15, 0.2) is 30.3 Å². The van der Waals surface area contributed by atoms with Crippen molar-refractivity contribution in [3.63, 3.8) is 0 Å². The van der Waals surface area contributed by atoms with Crippen LogP contribution in [0.25, 0.3) is 0 Å². The van der Waals surface area contributed by atoms with Gasteiger partial charge in [-0.2, -0.15) is 5.10 Å². The van der Waals surface area contributed by atoms with Crippen molar-refractivity contribution in [2.75, 3.05) is 37.6 Å². The Morgan fingerprint density at radius 1 is 0.968 bits per heavy atom. The molecule has 8 nitrogen and oxygen atoms in total. The third-order valence-corrected chi connectivity index (χ3v) is 5.74. The Morgan fingerprint density at radius 2 is 1.65 bits per heavy atom. The maximum Gasteiger partial charge on any atom is 0.410 e. The Balaban J connectivity index is 1.47. The third kappa shape index (κ3) is 4.52. The van der Waals surface area contributed by atoms with E-state index in [0.717, 1.165) is 24.3 Å². The van der Waals surface area contributed by atoms with Gasteiger partial charge in [0.05, 0.1) is 12.2 Å². The van der Waals surface area contributed by atoms with Crippen molar-refractivity contribution in [1.29, 1.82) is 0 Å². The van der Waals surface area contributed by atoms with Crippen LogP contribution in [0.2, 0.25) is 0 Å². The van der Waals surface area contributed by atoms with E-state index in [1.54, 1.807) is 9.58 Å². The number of carbonyl (C=O) groups is 2. The predicted molar refractivity (Wildman–Crippen MR) is 118 cm³/mol. The highest BCUT2D eigenvalue weighted by Gasteiger charge is 2.33. The first-order valence-corrected chi connectivity index (χ1v) is 10.8. The quantitative estimate of drug-likeness (QED) is 0.740. The number of piperazine rings is 1. The Kier molecular flexibility index (Phi) is 5.64. The number of fused-ring (bicyclic) bond motifs is 1. The maximum atomic E-state index is 13.4. The third-order valence-electron chi connectivity index (χ3n) is 5.74. The van der Waals surface area contributed by atoms with Crippen molar-refractivity contribution < 1.29 is 14.3 Å². The van der Waals surface area contributed by atoms with Crippen LogP contribution in [-0.4, -0.2) is 69.9 Å². The lowest BCUT2D eigenvalue weighted by atomic mass is 10.0. The lowest BCUT2D eigenvalue weighted by Gasteiger charge is -2.36. The number of amides is 2. The van der Waals surface area contributed by atoms with Crippen molar-refractivity contribution >= 4 is 17.7 Å². The molecule has 0 N–H and O–H groups in total. The van der Waals surface area contributed by atoms with Crippen molar-refractivity contribution in [1.82, 2.24) is 19.6 Å². The number of anilines is 1. The fraction of sp³-hybridized carbons (Fsp3) is 0.522. The molecule has 2 aliphatic rings.